The molecule has 24 heavy (non-hydrogen) atoms. The highest BCUT2D eigenvalue weighted by atomic mass is 35.5. The number of nitrogens with one attached hydrogen (secondary N) is 1. The van der Waals surface area contributed by atoms with Crippen LogP contribution in [0.4, 0.5) is 5.69 Å². The van der Waals surface area contributed by atoms with Gasteiger partial charge in [0, 0.05) is 6.92 Å². The minimum absolute atomic E-state index is 0.0126. The molecule has 0 radical (unpaired) electrons. The molecule has 1 amide bonds. The van der Waals surface area contributed by atoms with Crippen molar-refractivity contribution in [3.05, 3.63) is 57.6 Å². The average Bonchev–Trinajstić information content (AvgIpc) is 2.50. The fourth-order valence-corrected chi connectivity index (χ4v) is 2.32. The molecular weight excluding hydrogens is 357 g/mol. The van der Waals surface area contributed by atoms with E-state index in [0.29, 0.717) is 0 Å². The van der Waals surface area contributed by atoms with Crippen molar-refractivity contribution in [3.63, 3.8) is 0 Å². The fourth-order valence-electron chi connectivity index (χ4n) is 1.87. The van der Waals surface area contributed by atoms with E-state index >= 15 is 0 Å². The first-order valence-electron chi connectivity index (χ1n) is 6.60. The SMILES string of the molecule is CC(=O)Oc1c(Cl)cccc1C(=O)Nc1ccc(C(=O)O)cc1Cl. The van der Waals surface area contributed by atoms with Crippen molar-refractivity contribution in [2.45, 2.75) is 6.92 Å². The van der Waals surface area contributed by atoms with E-state index in [1.807, 2.05) is 0 Å². The van der Waals surface area contributed by atoms with E-state index in [9.17, 15) is 14.4 Å². The second-order valence-corrected chi connectivity index (χ2v) is 5.48. The highest BCUT2D eigenvalue weighted by molar-refractivity contribution is 6.35. The molecule has 0 bridgehead atoms. The minimum Gasteiger partial charge on any atom is -0.478 e. The Bertz CT molecular complexity index is 835. The van der Waals surface area contributed by atoms with Gasteiger partial charge in [0.15, 0.2) is 5.75 Å². The van der Waals surface area contributed by atoms with Crippen LogP contribution in [0.25, 0.3) is 0 Å². The van der Waals surface area contributed by atoms with Gasteiger partial charge in [-0.15, -0.1) is 0 Å². The normalized spacial score (nSPS) is 10.1. The predicted molar refractivity (Wildman–Crippen MR) is 89.1 cm³/mol. The van der Waals surface area contributed by atoms with Crippen LogP contribution in [0.2, 0.25) is 10.0 Å². The number of amides is 1. The number of para-hydroxylation sites is 1. The van der Waals surface area contributed by atoms with Crippen LogP contribution in [0.5, 0.6) is 5.75 Å². The van der Waals surface area contributed by atoms with Crippen LogP contribution >= 0.6 is 23.2 Å². The lowest BCUT2D eigenvalue weighted by atomic mass is 10.1. The summed E-state index contributed by atoms with van der Waals surface area (Å²) in [6.45, 7) is 1.19. The molecule has 0 fully saturated rings. The monoisotopic (exact) mass is 367 g/mol. The fraction of sp³-hybridized carbons (Fsp3) is 0.0625. The van der Waals surface area contributed by atoms with Crippen molar-refractivity contribution in [3.8, 4) is 5.75 Å². The molecule has 8 heteroatoms. The van der Waals surface area contributed by atoms with Gasteiger partial charge in [-0.3, -0.25) is 9.59 Å². The summed E-state index contributed by atoms with van der Waals surface area (Å²) in [5, 5.41) is 11.6. The number of anilines is 1. The first kappa shape index (κ1) is 17.8. The van der Waals surface area contributed by atoms with Crippen LogP contribution < -0.4 is 10.1 Å². The number of hydrogen-bond acceptors (Lipinski definition) is 4. The standard InChI is InChI=1S/C16H11Cl2NO5/c1-8(20)24-14-10(3-2-4-11(14)17)15(21)19-13-6-5-9(16(22)23)7-12(13)18/h2-7H,1H3,(H,19,21)(H,22,23). The van der Waals surface area contributed by atoms with Crippen LogP contribution in [-0.2, 0) is 4.79 Å². The lowest BCUT2D eigenvalue weighted by molar-refractivity contribution is -0.131. The number of carboxylic acid groups (broad SMARTS) is 1. The molecule has 0 aliphatic heterocycles. The van der Waals surface area contributed by atoms with Crippen molar-refractivity contribution < 1.29 is 24.2 Å². The molecule has 124 valence electrons. The maximum Gasteiger partial charge on any atom is 0.335 e. The van der Waals surface area contributed by atoms with E-state index in [0.717, 1.165) is 0 Å². The summed E-state index contributed by atoms with van der Waals surface area (Å²) in [7, 11) is 0. The second-order valence-electron chi connectivity index (χ2n) is 4.66. The topological polar surface area (TPSA) is 92.7 Å². The summed E-state index contributed by atoms with van der Waals surface area (Å²) in [4.78, 5) is 34.5. The van der Waals surface area contributed by atoms with Gasteiger partial charge in [-0.2, -0.15) is 0 Å². The summed E-state index contributed by atoms with van der Waals surface area (Å²) in [6, 6.07) is 8.31. The third-order valence-electron chi connectivity index (χ3n) is 2.92. The highest BCUT2D eigenvalue weighted by Gasteiger charge is 2.18. The number of rotatable bonds is 4. The molecule has 2 rings (SSSR count). The van der Waals surface area contributed by atoms with Crippen molar-refractivity contribution in [2.24, 2.45) is 0 Å². The number of carbonyl (C=O) groups excluding carboxylic acids is 2. The van der Waals surface area contributed by atoms with Crippen molar-refractivity contribution in [1.82, 2.24) is 0 Å². The van der Waals surface area contributed by atoms with E-state index in [2.05, 4.69) is 5.32 Å². The minimum atomic E-state index is -1.14. The predicted octanol–water partition coefficient (Wildman–Crippen LogP) is 3.87. The molecule has 2 N–H and O–H groups in total. The molecule has 2 aromatic carbocycles. The smallest absolute Gasteiger partial charge is 0.335 e. The largest absolute Gasteiger partial charge is 0.478 e. The molecular formula is C16H11Cl2NO5. The quantitative estimate of drug-likeness (QED) is 0.631. The molecule has 2 aromatic rings. The molecule has 6 nitrogen and oxygen atoms in total. The van der Waals surface area contributed by atoms with Gasteiger partial charge in [0.2, 0.25) is 0 Å². The van der Waals surface area contributed by atoms with E-state index in [1.165, 1.54) is 43.3 Å². The number of hydrogen-bond donors (Lipinski definition) is 2. The Balaban J connectivity index is 2.32. The van der Waals surface area contributed by atoms with Gasteiger partial charge in [-0.1, -0.05) is 29.3 Å². The molecule has 0 saturated carbocycles. The van der Waals surface area contributed by atoms with Gasteiger partial charge in [0.25, 0.3) is 5.91 Å². The molecule has 0 saturated heterocycles. The van der Waals surface area contributed by atoms with Crippen LogP contribution in [0.3, 0.4) is 0 Å². The summed E-state index contributed by atoms with van der Waals surface area (Å²) in [5.41, 5.74) is 0.234. The Morgan fingerprint density at radius 3 is 2.38 bits per heavy atom. The third kappa shape index (κ3) is 4.04. The van der Waals surface area contributed by atoms with Crippen molar-refractivity contribution in [2.75, 3.05) is 5.32 Å². The van der Waals surface area contributed by atoms with Gasteiger partial charge in [-0.25, -0.2) is 4.79 Å². The first-order valence-corrected chi connectivity index (χ1v) is 7.36. The molecule has 0 aromatic heterocycles. The first-order chi connectivity index (χ1) is 11.3. The molecule has 0 unspecified atom stereocenters. The highest BCUT2D eigenvalue weighted by Crippen LogP contribution is 2.30. The van der Waals surface area contributed by atoms with E-state index in [1.54, 1.807) is 0 Å². The van der Waals surface area contributed by atoms with E-state index in [4.69, 9.17) is 33.0 Å². The Kier molecular flexibility index (Phi) is 5.43. The zero-order valence-corrected chi connectivity index (χ0v) is 13.8. The molecule has 0 aliphatic rings. The number of benzene rings is 2. The summed E-state index contributed by atoms with van der Waals surface area (Å²) >= 11 is 11.9. The van der Waals surface area contributed by atoms with Crippen LogP contribution in [-0.4, -0.2) is 23.0 Å². The lowest BCUT2D eigenvalue weighted by Crippen LogP contribution is -2.15. The summed E-state index contributed by atoms with van der Waals surface area (Å²) in [5.74, 6) is -2.44. The van der Waals surface area contributed by atoms with Gasteiger partial charge in [0.05, 0.1) is 26.9 Å². The zero-order chi connectivity index (χ0) is 17.9. The maximum absolute atomic E-state index is 12.4. The average molecular weight is 368 g/mol. The lowest BCUT2D eigenvalue weighted by Gasteiger charge is -2.12. The van der Waals surface area contributed by atoms with Gasteiger partial charge in [-0.05, 0) is 30.3 Å². The molecule has 0 atom stereocenters. The van der Waals surface area contributed by atoms with Crippen LogP contribution in [0.1, 0.15) is 27.6 Å². The third-order valence-corrected chi connectivity index (χ3v) is 3.53. The van der Waals surface area contributed by atoms with Crippen molar-refractivity contribution >= 4 is 46.7 Å². The molecule has 0 spiro atoms. The van der Waals surface area contributed by atoms with Crippen molar-refractivity contribution in [1.29, 1.82) is 0 Å². The summed E-state index contributed by atoms with van der Waals surface area (Å²) in [6.07, 6.45) is 0. The number of carboxylic acids is 1. The number of aromatic carboxylic acids is 1. The Morgan fingerprint density at radius 1 is 1.08 bits per heavy atom. The second kappa shape index (κ2) is 7.33. The molecule has 0 heterocycles. The van der Waals surface area contributed by atoms with Crippen LogP contribution in [0.15, 0.2) is 36.4 Å². The molecule has 0 aliphatic carbocycles. The zero-order valence-electron chi connectivity index (χ0n) is 12.3. The maximum atomic E-state index is 12.4. The Labute approximate surface area is 146 Å². The Morgan fingerprint density at radius 2 is 1.79 bits per heavy atom. The summed E-state index contributed by atoms with van der Waals surface area (Å²) < 4.78 is 4.97. The van der Waals surface area contributed by atoms with E-state index < -0.39 is 17.8 Å². The van der Waals surface area contributed by atoms with E-state index in [-0.39, 0.29) is 32.6 Å². The van der Waals surface area contributed by atoms with Gasteiger partial charge < -0.3 is 15.2 Å². The Hall–Kier alpha value is -2.57. The number of ether oxygens (including phenoxy) is 1. The number of esters is 1. The van der Waals surface area contributed by atoms with Gasteiger partial charge in [0.1, 0.15) is 0 Å². The van der Waals surface area contributed by atoms with Gasteiger partial charge >= 0.3 is 11.9 Å². The van der Waals surface area contributed by atoms with Crippen LogP contribution in [0, 0.1) is 0 Å². The number of carbonyl (C=O) groups is 3. The number of halogens is 2.